The third-order valence-electron chi connectivity index (χ3n) is 4.03. The number of fused-ring (bicyclic) bond motifs is 1. The molecule has 1 aromatic heterocycles. The van der Waals surface area contributed by atoms with Gasteiger partial charge in [0.15, 0.2) is 0 Å². The van der Waals surface area contributed by atoms with E-state index in [2.05, 4.69) is 16.4 Å². The van der Waals surface area contributed by atoms with E-state index in [0.717, 1.165) is 36.0 Å². The predicted octanol–water partition coefficient (Wildman–Crippen LogP) is 3.40. The first-order chi connectivity index (χ1) is 10.7. The van der Waals surface area contributed by atoms with Crippen LogP contribution in [0.4, 0.5) is 4.79 Å². The Balaban J connectivity index is 1.94. The van der Waals surface area contributed by atoms with Gasteiger partial charge in [0.1, 0.15) is 0 Å². The van der Waals surface area contributed by atoms with Crippen molar-refractivity contribution in [3.05, 3.63) is 47.7 Å². The minimum absolute atomic E-state index is 0.109. The second-order valence-electron chi connectivity index (χ2n) is 5.39. The molecule has 1 unspecified atom stereocenters. The lowest BCUT2D eigenvalue weighted by atomic mass is 9.86. The Bertz CT molecular complexity index is 700. The van der Waals surface area contributed by atoms with Gasteiger partial charge >= 0.3 is 6.09 Å². The normalized spacial score (nSPS) is 16.7. The highest BCUT2D eigenvalue weighted by atomic mass is 16.5. The standard InChI is InChI=1S/C17H18N2O3/c1-22-16-10-12(7-8-18-16)11-5-6-14-13(9-11)3-2-4-15(14)19-17(20)21/h5-10,15,19H,2-4H2,1H3,(H,20,21). The maximum Gasteiger partial charge on any atom is 0.405 e. The molecule has 1 aliphatic rings. The molecular weight excluding hydrogens is 280 g/mol. The van der Waals surface area contributed by atoms with Gasteiger partial charge in [-0.25, -0.2) is 9.78 Å². The van der Waals surface area contributed by atoms with Crippen LogP contribution >= 0.6 is 0 Å². The fourth-order valence-electron chi connectivity index (χ4n) is 2.99. The number of nitrogens with one attached hydrogen (secondary N) is 1. The fourth-order valence-corrected chi connectivity index (χ4v) is 2.99. The van der Waals surface area contributed by atoms with Crippen molar-refractivity contribution >= 4 is 6.09 Å². The third-order valence-corrected chi connectivity index (χ3v) is 4.03. The van der Waals surface area contributed by atoms with Crippen LogP contribution in [0.1, 0.15) is 30.0 Å². The van der Waals surface area contributed by atoms with Crippen LogP contribution in [0, 0.1) is 0 Å². The van der Waals surface area contributed by atoms with Gasteiger partial charge in [-0.1, -0.05) is 18.2 Å². The Morgan fingerprint density at radius 2 is 2.14 bits per heavy atom. The molecule has 0 saturated carbocycles. The third kappa shape index (κ3) is 2.88. The zero-order valence-electron chi connectivity index (χ0n) is 12.4. The van der Waals surface area contributed by atoms with E-state index in [1.54, 1.807) is 13.3 Å². The van der Waals surface area contributed by atoms with E-state index in [0.29, 0.717) is 5.88 Å². The Kier molecular flexibility index (Phi) is 3.96. The molecule has 0 fully saturated rings. The Labute approximate surface area is 129 Å². The zero-order chi connectivity index (χ0) is 15.5. The number of aryl methyl sites for hydroxylation is 1. The molecule has 114 valence electrons. The van der Waals surface area contributed by atoms with Crippen LogP contribution in [0.2, 0.25) is 0 Å². The average molecular weight is 298 g/mol. The molecule has 3 rings (SSSR count). The highest BCUT2D eigenvalue weighted by Gasteiger charge is 2.21. The van der Waals surface area contributed by atoms with Crippen LogP contribution in [0.3, 0.4) is 0 Å². The van der Waals surface area contributed by atoms with Gasteiger partial charge in [0, 0.05) is 12.3 Å². The van der Waals surface area contributed by atoms with E-state index in [-0.39, 0.29) is 6.04 Å². The zero-order valence-corrected chi connectivity index (χ0v) is 12.4. The van der Waals surface area contributed by atoms with Crippen molar-refractivity contribution in [2.24, 2.45) is 0 Å². The second kappa shape index (κ2) is 6.05. The number of rotatable bonds is 3. The smallest absolute Gasteiger partial charge is 0.405 e. The minimum Gasteiger partial charge on any atom is -0.481 e. The monoisotopic (exact) mass is 298 g/mol. The summed E-state index contributed by atoms with van der Waals surface area (Å²) in [6, 6.07) is 9.92. The van der Waals surface area contributed by atoms with Crippen LogP contribution < -0.4 is 10.1 Å². The predicted molar refractivity (Wildman–Crippen MR) is 83.1 cm³/mol. The SMILES string of the molecule is COc1cc(-c2ccc3c(c2)CCCC3NC(=O)O)ccn1. The van der Waals surface area contributed by atoms with Crippen LogP contribution in [0.25, 0.3) is 11.1 Å². The van der Waals surface area contributed by atoms with Crippen LogP contribution in [0.15, 0.2) is 36.5 Å². The molecule has 0 radical (unpaired) electrons. The lowest BCUT2D eigenvalue weighted by Crippen LogP contribution is -2.29. The molecular formula is C17H18N2O3. The molecule has 5 nitrogen and oxygen atoms in total. The molecule has 1 heterocycles. The first-order valence-electron chi connectivity index (χ1n) is 7.30. The number of hydrogen-bond acceptors (Lipinski definition) is 3. The number of carbonyl (C=O) groups is 1. The first-order valence-corrected chi connectivity index (χ1v) is 7.30. The lowest BCUT2D eigenvalue weighted by Gasteiger charge is -2.26. The number of ether oxygens (including phenoxy) is 1. The van der Waals surface area contributed by atoms with Gasteiger partial charge in [-0.05, 0) is 47.6 Å². The van der Waals surface area contributed by atoms with Crippen LogP contribution in [0.5, 0.6) is 5.88 Å². The summed E-state index contributed by atoms with van der Waals surface area (Å²) in [5, 5.41) is 11.6. The number of carboxylic acid groups (broad SMARTS) is 1. The largest absolute Gasteiger partial charge is 0.481 e. The summed E-state index contributed by atoms with van der Waals surface area (Å²) < 4.78 is 5.16. The van der Waals surface area contributed by atoms with Gasteiger partial charge in [0.2, 0.25) is 5.88 Å². The summed E-state index contributed by atoms with van der Waals surface area (Å²) in [6.07, 6.45) is 3.56. The van der Waals surface area contributed by atoms with Gasteiger partial charge in [0.25, 0.3) is 0 Å². The molecule has 1 amide bonds. The molecule has 0 saturated heterocycles. The van der Waals surface area contributed by atoms with Crippen LogP contribution in [-0.4, -0.2) is 23.3 Å². The van der Waals surface area contributed by atoms with Gasteiger partial charge in [0.05, 0.1) is 13.2 Å². The number of hydrogen-bond donors (Lipinski definition) is 2. The van der Waals surface area contributed by atoms with Crippen molar-refractivity contribution in [1.29, 1.82) is 0 Å². The number of nitrogens with zero attached hydrogens (tertiary/aromatic N) is 1. The van der Waals surface area contributed by atoms with Crippen molar-refractivity contribution in [2.45, 2.75) is 25.3 Å². The van der Waals surface area contributed by atoms with Crippen molar-refractivity contribution in [1.82, 2.24) is 10.3 Å². The molecule has 1 aliphatic carbocycles. The second-order valence-corrected chi connectivity index (χ2v) is 5.39. The Hall–Kier alpha value is -2.56. The van der Waals surface area contributed by atoms with Gasteiger partial charge < -0.3 is 15.2 Å². The number of benzene rings is 1. The molecule has 2 N–H and O–H groups in total. The molecule has 0 aliphatic heterocycles. The molecule has 1 aromatic carbocycles. The molecule has 1 atom stereocenters. The van der Waals surface area contributed by atoms with Crippen LogP contribution in [-0.2, 0) is 6.42 Å². The van der Waals surface area contributed by atoms with E-state index in [4.69, 9.17) is 9.84 Å². The fraction of sp³-hybridized carbons (Fsp3) is 0.294. The average Bonchev–Trinajstić information content (AvgIpc) is 2.54. The molecule has 5 heteroatoms. The molecule has 0 bridgehead atoms. The lowest BCUT2D eigenvalue weighted by molar-refractivity contribution is 0.188. The van der Waals surface area contributed by atoms with E-state index < -0.39 is 6.09 Å². The molecule has 2 aromatic rings. The summed E-state index contributed by atoms with van der Waals surface area (Å²) in [6.45, 7) is 0. The summed E-state index contributed by atoms with van der Waals surface area (Å²) >= 11 is 0. The summed E-state index contributed by atoms with van der Waals surface area (Å²) in [7, 11) is 1.60. The maximum atomic E-state index is 10.9. The summed E-state index contributed by atoms with van der Waals surface area (Å²) in [5.74, 6) is 0.584. The number of methoxy groups -OCH3 is 1. The van der Waals surface area contributed by atoms with Crippen molar-refractivity contribution in [3.8, 4) is 17.0 Å². The highest BCUT2D eigenvalue weighted by molar-refractivity contribution is 5.68. The number of pyridine rings is 1. The Morgan fingerprint density at radius 1 is 1.32 bits per heavy atom. The molecule has 0 spiro atoms. The Morgan fingerprint density at radius 3 is 2.91 bits per heavy atom. The maximum absolute atomic E-state index is 10.9. The topological polar surface area (TPSA) is 71.5 Å². The quantitative estimate of drug-likeness (QED) is 0.911. The van der Waals surface area contributed by atoms with E-state index in [9.17, 15) is 4.79 Å². The molecule has 22 heavy (non-hydrogen) atoms. The van der Waals surface area contributed by atoms with Gasteiger partial charge in [-0.2, -0.15) is 0 Å². The van der Waals surface area contributed by atoms with E-state index in [1.165, 1.54) is 5.56 Å². The van der Waals surface area contributed by atoms with Crippen molar-refractivity contribution < 1.29 is 14.6 Å². The first kappa shape index (κ1) is 14.4. The number of amides is 1. The van der Waals surface area contributed by atoms with Crippen molar-refractivity contribution in [2.75, 3.05) is 7.11 Å². The summed E-state index contributed by atoms with van der Waals surface area (Å²) in [5.41, 5.74) is 4.43. The van der Waals surface area contributed by atoms with Gasteiger partial charge in [-0.3, -0.25) is 0 Å². The van der Waals surface area contributed by atoms with E-state index in [1.807, 2.05) is 24.3 Å². The number of aromatic nitrogens is 1. The van der Waals surface area contributed by atoms with Crippen molar-refractivity contribution in [3.63, 3.8) is 0 Å². The van der Waals surface area contributed by atoms with Gasteiger partial charge in [-0.15, -0.1) is 0 Å². The highest BCUT2D eigenvalue weighted by Crippen LogP contribution is 2.33. The summed E-state index contributed by atoms with van der Waals surface area (Å²) in [4.78, 5) is 15.0. The van der Waals surface area contributed by atoms with E-state index >= 15 is 0 Å². The minimum atomic E-state index is -0.971.